The number of hydrogen-bond donors (Lipinski definition) is 2. The van der Waals surface area contributed by atoms with Crippen molar-refractivity contribution in [2.75, 3.05) is 5.32 Å². The molecule has 2 N–H and O–H groups in total. The van der Waals surface area contributed by atoms with Gasteiger partial charge in [0.2, 0.25) is 0 Å². The number of urea groups is 1. The third-order valence-electron chi connectivity index (χ3n) is 4.37. The summed E-state index contributed by atoms with van der Waals surface area (Å²) in [6.45, 7) is 10.1. The molecule has 24 heavy (non-hydrogen) atoms. The van der Waals surface area contributed by atoms with Crippen molar-refractivity contribution in [1.29, 1.82) is 0 Å². The van der Waals surface area contributed by atoms with Crippen molar-refractivity contribution in [3.8, 4) is 0 Å². The molecule has 130 valence electrons. The Morgan fingerprint density at radius 3 is 2.75 bits per heavy atom. The van der Waals surface area contributed by atoms with Crippen molar-refractivity contribution in [2.45, 2.75) is 65.5 Å². The first-order chi connectivity index (χ1) is 11.3. The molecule has 1 aliphatic rings. The molecule has 2 amide bonds. The van der Waals surface area contributed by atoms with Crippen molar-refractivity contribution in [3.63, 3.8) is 0 Å². The summed E-state index contributed by atoms with van der Waals surface area (Å²) in [5.74, 6) is 0.705. The highest BCUT2D eigenvalue weighted by molar-refractivity contribution is 5.87. The second kappa shape index (κ2) is 5.96. The molecule has 3 rings (SSSR count). The molecule has 0 saturated carbocycles. The zero-order chi connectivity index (χ0) is 17.5. The van der Waals surface area contributed by atoms with Gasteiger partial charge in [0.05, 0.1) is 23.5 Å². The van der Waals surface area contributed by atoms with E-state index in [1.165, 1.54) is 5.69 Å². The molecule has 1 aliphatic carbocycles. The maximum atomic E-state index is 12.3. The molecular formula is C17H25N5O2. The van der Waals surface area contributed by atoms with Gasteiger partial charge >= 0.3 is 12.0 Å². The highest BCUT2D eigenvalue weighted by atomic mass is 16.4. The van der Waals surface area contributed by atoms with Crippen LogP contribution in [0.25, 0.3) is 0 Å². The normalized spacial score (nSPS) is 17.5. The number of hydrogen-bond acceptors (Lipinski definition) is 4. The molecule has 0 spiro atoms. The highest BCUT2D eigenvalue weighted by Gasteiger charge is 2.29. The Morgan fingerprint density at radius 1 is 1.38 bits per heavy atom. The minimum atomic E-state index is -0.308. The number of carbonyl (C=O) groups excluding carboxylic acids is 1. The number of oxazole rings is 1. The lowest BCUT2D eigenvalue weighted by Gasteiger charge is -2.28. The molecule has 0 bridgehead atoms. The molecule has 0 radical (unpaired) electrons. The van der Waals surface area contributed by atoms with E-state index in [2.05, 4.69) is 46.2 Å². The van der Waals surface area contributed by atoms with Gasteiger partial charge in [-0.2, -0.15) is 10.1 Å². The van der Waals surface area contributed by atoms with Crippen molar-refractivity contribution < 1.29 is 9.21 Å². The number of rotatable bonds is 2. The van der Waals surface area contributed by atoms with Crippen LogP contribution in [0.5, 0.6) is 0 Å². The zero-order valence-corrected chi connectivity index (χ0v) is 14.9. The van der Waals surface area contributed by atoms with Gasteiger partial charge in [0.25, 0.3) is 0 Å². The lowest BCUT2D eigenvalue weighted by atomic mass is 9.92. The largest absolute Gasteiger partial charge is 0.428 e. The Hall–Kier alpha value is -2.31. The molecule has 1 atom stereocenters. The van der Waals surface area contributed by atoms with Crippen LogP contribution in [0.4, 0.5) is 10.8 Å². The first-order valence-corrected chi connectivity index (χ1v) is 8.34. The highest BCUT2D eigenvalue weighted by Crippen LogP contribution is 2.32. The molecule has 7 heteroatoms. The van der Waals surface area contributed by atoms with Crippen LogP contribution in [0.3, 0.4) is 0 Å². The molecule has 7 nitrogen and oxygen atoms in total. The lowest BCUT2D eigenvalue weighted by Crippen LogP contribution is -2.35. The molecule has 2 aromatic rings. The molecule has 0 fully saturated rings. The zero-order valence-electron chi connectivity index (χ0n) is 14.9. The van der Waals surface area contributed by atoms with Gasteiger partial charge in [0.15, 0.2) is 0 Å². The van der Waals surface area contributed by atoms with E-state index in [4.69, 9.17) is 4.42 Å². The van der Waals surface area contributed by atoms with E-state index in [0.717, 1.165) is 30.5 Å². The number of nitrogens with zero attached hydrogens (tertiary/aromatic N) is 3. The van der Waals surface area contributed by atoms with Gasteiger partial charge in [-0.25, -0.2) is 4.79 Å². The van der Waals surface area contributed by atoms with Crippen LogP contribution in [0, 0.1) is 13.8 Å². The number of amides is 2. The number of anilines is 1. The Bertz CT molecular complexity index is 734. The third-order valence-corrected chi connectivity index (χ3v) is 4.37. The third kappa shape index (κ3) is 3.16. The molecule has 2 heterocycles. The number of aromatic nitrogens is 3. The van der Waals surface area contributed by atoms with Gasteiger partial charge in [-0.1, -0.05) is 0 Å². The summed E-state index contributed by atoms with van der Waals surface area (Å²) in [5.41, 5.74) is 3.02. The van der Waals surface area contributed by atoms with Crippen LogP contribution in [-0.2, 0) is 12.0 Å². The molecular weight excluding hydrogens is 306 g/mol. The first kappa shape index (κ1) is 16.5. The van der Waals surface area contributed by atoms with Crippen LogP contribution in [0.15, 0.2) is 10.6 Å². The predicted molar refractivity (Wildman–Crippen MR) is 91.0 cm³/mol. The van der Waals surface area contributed by atoms with E-state index in [9.17, 15) is 4.79 Å². The van der Waals surface area contributed by atoms with Crippen LogP contribution in [-0.4, -0.2) is 20.8 Å². The fraction of sp³-hybridized carbons (Fsp3) is 0.588. The molecule has 0 unspecified atom stereocenters. The monoisotopic (exact) mass is 331 g/mol. The molecule has 0 saturated heterocycles. The fourth-order valence-electron chi connectivity index (χ4n) is 3.10. The van der Waals surface area contributed by atoms with Crippen LogP contribution < -0.4 is 10.6 Å². The van der Waals surface area contributed by atoms with E-state index in [1.807, 2.05) is 20.0 Å². The van der Waals surface area contributed by atoms with Gasteiger partial charge < -0.3 is 9.73 Å². The summed E-state index contributed by atoms with van der Waals surface area (Å²) in [6.07, 6.45) is 4.80. The molecule has 0 aliphatic heterocycles. The topological polar surface area (TPSA) is 85.0 Å². The van der Waals surface area contributed by atoms with E-state index >= 15 is 0 Å². The fourth-order valence-corrected chi connectivity index (χ4v) is 3.10. The van der Waals surface area contributed by atoms with Crippen LogP contribution in [0.1, 0.15) is 62.4 Å². The lowest BCUT2D eigenvalue weighted by molar-refractivity contribution is 0.246. The Balaban J connectivity index is 1.73. The van der Waals surface area contributed by atoms with Crippen molar-refractivity contribution >= 4 is 12.0 Å². The van der Waals surface area contributed by atoms with Crippen molar-refractivity contribution in [2.24, 2.45) is 0 Å². The van der Waals surface area contributed by atoms with Crippen molar-refractivity contribution in [1.82, 2.24) is 20.1 Å². The minimum Gasteiger partial charge on any atom is -0.428 e. The van der Waals surface area contributed by atoms with E-state index in [0.29, 0.717) is 5.76 Å². The van der Waals surface area contributed by atoms with E-state index in [1.54, 1.807) is 0 Å². The molecule has 2 aromatic heterocycles. The van der Waals surface area contributed by atoms with Gasteiger partial charge in [0.1, 0.15) is 5.76 Å². The smallest absolute Gasteiger partial charge is 0.323 e. The maximum absolute atomic E-state index is 12.3. The van der Waals surface area contributed by atoms with E-state index < -0.39 is 0 Å². The van der Waals surface area contributed by atoms with Gasteiger partial charge in [-0.15, -0.1) is 0 Å². The Morgan fingerprint density at radius 2 is 2.12 bits per heavy atom. The Kier molecular flexibility index (Phi) is 4.11. The summed E-state index contributed by atoms with van der Waals surface area (Å²) >= 11 is 0. The SMILES string of the molecule is Cc1nc(NC(=O)N[C@H]2CCCc3c2cnn3C(C)(C)C)oc1C. The molecule has 0 aromatic carbocycles. The maximum Gasteiger partial charge on any atom is 0.323 e. The second-order valence-corrected chi connectivity index (χ2v) is 7.33. The van der Waals surface area contributed by atoms with Gasteiger partial charge in [-0.05, 0) is 53.9 Å². The Labute approximate surface area is 141 Å². The van der Waals surface area contributed by atoms with Crippen molar-refractivity contribution in [3.05, 3.63) is 28.9 Å². The quantitative estimate of drug-likeness (QED) is 0.883. The van der Waals surface area contributed by atoms with Gasteiger partial charge in [-0.3, -0.25) is 10.00 Å². The number of carbonyl (C=O) groups is 1. The summed E-state index contributed by atoms with van der Waals surface area (Å²) < 4.78 is 7.46. The van der Waals surface area contributed by atoms with E-state index in [-0.39, 0.29) is 23.6 Å². The summed E-state index contributed by atoms with van der Waals surface area (Å²) in [6, 6.07) is -0.122. The number of fused-ring (bicyclic) bond motifs is 1. The average Bonchev–Trinajstić information content (AvgIpc) is 3.03. The van der Waals surface area contributed by atoms with Crippen LogP contribution in [0.2, 0.25) is 0 Å². The average molecular weight is 331 g/mol. The number of nitrogens with one attached hydrogen (secondary N) is 2. The first-order valence-electron chi connectivity index (χ1n) is 8.34. The predicted octanol–water partition coefficient (Wildman–Crippen LogP) is 3.44. The second-order valence-electron chi connectivity index (χ2n) is 7.33. The van der Waals surface area contributed by atoms with Gasteiger partial charge in [0, 0.05) is 11.3 Å². The standard InChI is InChI=1S/C17H25N5O2/c1-10-11(2)24-16(19-10)21-15(23)20-13-7-6-8-14-12(13)9-18-22(14)17(3,4)5/h9,13H,6-8H2,1-5H3,(H2,19,20,21,23)/t13-/m0/s1. The summed E-state index contributed by atoms with van der Waals surface area (Å²) in [7, 11) is 0. The summed E-state index contributed by atoms with van der Waals surface area (Å²) in [5, 5.41) is 10.2. The minimum absolute atomic E-state index is 0.0398. The summed E-state index contributed by atoms with van der Waals surface area (Å²) in [4.78, 5) is 16.4. The number of aryl methyl sites for hydroxylation is 2. The van der Waals surface area contributed by atoms with Crippen LogP contribution >= 0.6 is 0 Å².